The summed E-state index contributed by atoms with van der Waals surface area (Å²) in [6.45, 7) is 7.44. The maximum atomic E-state index is 5.65. The maximum absolute atomic E-state index is 5.65. The van der Waals surface area contributed by atoms with Crippen LogP contribution in [-0.4, -0.2) is 61.8 Å². The molecule has 0 bridgehead atoms. The van der Waals surface area contributed by atoms with Crippen molar-refractivity contribution >= 4 is 35.8 Å². The predicted octanol–water partition coefficient (Wildman–Crippen LogP) is 3.49. The number of hydrogen-bond donors (Lipinski definition) is 1. The number of guanidine groups is 1. The van der Waals surface area contributed by atoms with E-state index in [-0.39, 0.29) is 30.1 Å². The molecule has 0 spiro atoms. The fourth-order valence-electron chi connectivity index (χ4n) is 4.23. The van der Waals surface area contributed by atoms with E-state index in [4.69, 9.17) is 4.74 Å². The Balaban J connectivity index is 0.00000256. The number of aliphatic imine (C=N–C) groups is 1. The van der Waals surface area contributed by atoms with Crippen LogP contribution in [0, 0.1) is 0 Å². The Morgan fingerprint density at radius 3 is 2.80 bits per heavy atom. The highest BCUT2D eigenvalue weighted by Crippen LogP contribution is 2.27. The third kappa shape index (κ3) is 5.63. The first kappa shape index (κ1) is 22.8. The van der Waals surface area contributed by atoms with Crippen LogP contribution >= 0.6 is 24.0 Å². The zero-order valence-corrected chi connectivity index (χ0v) is 20.2. The molecule has 2 atom stereocenters. The molecule has 0 aliphatic carbocycles. The Morgan fingerprint density at radius 2 is 2.03 bits per heavy atom. The summed E-state index contributed by atoms with van der Waals surface area (Å²) in [6, 6.07) is 15.0. The lowest BCUT2D eigenvalue weighted by Crippen LogP contribution is -2.41. The molecule has 30 heavy (non-hydrogen) atoms. The van der Waals surface area contributed by atoms with Crippen molar-refractivity contribution in [2.24, 2.45) is 4.99 Å². The maximum Gasteiger partial charge on any atom is 0.193 e. The van der Waals surface area contributed by atoms with E-state index in [1.54, 1.807) is 0 Å². The quantitative estimate of drug-likeness (QED) is 0.380. The van der Waals surface area contributed by atoms with E-state index in [0.29, 0.717) is 5.92 Å². The SMILES string of the molecule is CN=C(NCc1ccnc(N2CCOC(C)C2)c1)N1CCC(c2ccccc2)C1.I. The van der Waals surface area contributed by atoms with Gasteiger partial charge in [0.05, 0.1) is 12.7 Å². The zero-order valence-electron chi connectivity index (χ0n) is 17.8. The van der Waals surface area contributed by atoms with Gasteiger partial charge in [0.2, 0.25) is 0 Å². The highest BCUT2D eigenvalue weighted by Gasteiger charge is 2.26. The number of nitrogens with one attached hydrogen (secondary N) is 1. The van der Waals surface area contributed by atoms with Crippen LogP contribution in [0.3, 0.4) is 0 Å². The van der Waals surface area contributed by atoms with Gasteiger partial charge in [0, 0.05) is 51.9 Å². The average molecular weight is 521 g/mol. The van der Waals surface area contributed by atoms with Crippen molar-refractivity contribution in [1.29, 1.82) is 0 Å². The van der Waals surface area contributed by atoms with Crippen molar-refractivity contribution in [2.75, 3.05) is 44.7 Å². The Morgan fingerprint density at radius 1 is 1.20 bits per heavy atom. The second kappa shape index (κ2) is 10.9. The van der Waals surface area contributed by atoms with Crippen molar-refractivity contribution in [1.82, 2.24) is 15.2 Å². The average Bonchev–Trinajstić information content (AvgIpc) is 3.25. The van der Waals surface area contributed by atoms with Crippen LogP contribution in [0.25, 0.3) is 0 Å². The van der Waals surface area contributed by atoms with Gasteiger partial charge < -0.3 is 19.9 Å². The van der Waals surface area contributed by atoms with Gasteiger partial charge in [0.1, 0.15) is 5.82 Å². The van der Waals surface area contributed by atoms with Crippen molar-refractivity contribution in [3.63, 3.8) is 0 Å². The lowest BCUT2D eigenvalue weighted by atomic mass is 9.99. The first-order valence-electron chi connectivity index (χ1n) is 10.5. The molecule has 2 unspecified atom stereocenters. The van der Waals surface area contributed by atoms with Crippen LogP contribution < -0.4 is 10.2 Å². The third-order valence-corrected chi connectivity index (χ3v) is 5.80. The summed E-state index contributed by atoms with van der Waals surface area (Å²) in [5.74, 6) is 2.58. The van der Waals surface area contributed by atoms with E-state index in [1.165, 1.54) is 17.5 Å². The number of hydrogen-bond acceptors (Lipinski definition) is 4. The van der Waals surface area contributed by atoms with E-state index >= 15 is 0 Å². The van der Waals surface area contributed by atoms with Crippen LogP contribution in [0.15, 0.2) is 53.7 Å². The van der Waals surface area contributed by atoms with Gasteiger partial charge in [-0.1, -0.05) is 30.3 Å². The van der Waals surface area contributed by atoms with E-state index in [1.807, 2.05) is 13.2 Å². The van der Waals surface area contributed by atoms with Gasteiger partial charge in [-0.3, -0.25) is 4.99 Å². The minimum absolute atomic E-state index is 0. The number of benzene rings is 1. The van der Waals surface area contributed by atoms with Crippen molar-refractivity contribution in [3.8, 4) is 0 Å². The van der Waals surface area contributed by atoms with Gasteiger partial charge in [-0.25, -0.2) is 4.98 Å². The Labute approximate surface area is 196 Å². The molecule has 1 N–H and O–H groups in total. The minimum Gasteiger partial charge on any atom is -0.375 e. The number of morpholine rings is 1. The fourth-order valence-corrected chi connectivity index (χ4v) is 4.23. The van der Waals surface area contributed by atoms with Crippen LogP contribution in [0.5, 0.6) is 0 Å². The van der Waals surface area contributed by atoms with Gasteiger partial charge in [-0.2, -0.15) is 0 Å². The normalized spacial score (nSPS) is 22.0. The molecule has 2 aromatic rings. The summed E-state index contributed by atoms with van der Waals surface area (Å²) in [5, 5.41) is 3.54. The Hall–Kier alpha value is -1.87. The lowest BCUT2D eigenvalue weighted by Gasteiger charge is -2.32. The number of nitrogens with zero attached hydrogens (tertiary/aromatic N) is 4. The number of aromatic nitrogens is 1. The minimum atomic E-state index is 0. The van der Waals surface area contributed by atoms with Crippen molar-refractivity contribution in [3.05, 3.63) is 59.8 Å². The molecule has 6 nitrogen and oxygen atoms in total. The van der Waals surface area contributed by atoms with Crippen molar-refractivity contribution < 1.29 is 4.74 Å². The van der Waals surface area contributed by atoms with Gasteiger partial charge in [0.15, 0.2) is 5.96 Å². The Bertz CT molecular complexity index is 831. The van der Waals surface area contributed by atoms with Crippen LogP contribution in [-0.2, 0) is 11.3 Å². The molecule has 3 heterocycles. The largest absolute Gasteiger partial charge is 0.375 e. The molecule has 1 aromatic carbocycles. The summed E-state index contributed by atoms with van der Waals surface area (Å²) in [6.07, 6.45) is 3.31. The summed E-state index contributed by atoms with van der Waals surface area (Å²) in [4.78, 5) is 13.8. The molecule has 1 aromatic heterocycles. The smallest absolute Gasteiger partial charge is 0.193 e. The first-order valence-corrected chi connectivity index (χ1v) is 10.5. The zero-order chi connectivity index (χ0) is 20.1. The first-order chi connectivity index (χ1) is 14.2. The number of ether oxygens (including phenoxy) is 1. The molecular formula is C23H32IN5O. The highest BCUT2D eigenvalue weighted by atomic mass is 127. The predicted molar refractivity (Wildman–Crippen MR) is 133 cm³/mol. The molecule has 4 rings (SSSR count). The van der Waals surface area contributed by atoms with E-state index < -0.39 is 0 Å². The summed E-state index contributed by atoms with van der Waals surface area (Å²) in [7, 11) is 1.87. The van der Waals surface area contributed by atoms with Gasteiger partial charge in [0.25, 0.3) is 0 Å². The van der Waals surface area contributed by atoms with Crippen LogP contribution in [0.1, 0.15) is 30.4 Å². The van der Waals surface area contributed by atoms with Gasteiger partial charge >= 0.3 is 0 Å². The second-order valence-electron chi connectivity index (χ2n) is 7.89. The highest BCUT2D eigenvalue weighted by molar-refractivity contribution is 14.0. The molecular weight excluding hydrogens is 489 g/mol. The van der Waals surface area contributed by atoms with Gasteiger partial charge in [-0.15, -0.1) is 24.0 Å². The monoisotopic (exact) mass is 521 g/mol. The molecule has 0 saturated carbocycles. The molecule has 0 radical (unpaired) electrons. The van der Waals surface area contributed by atoms with E-state index in [2.05, 4.69) is 74.5 Å². The Kier molecular flexibility index (Phi) is 8.32. The number of anilines is 1. The van der Waals surface area contributed by atoms with E-state index in [0.717, 1.165) is 51.1 Å². The number of halogens is 1. The number of pyridine rings is 1. The molecule has 2 aliphatic heterocycles. The molecule has 2 fully saturated rings. The van der Waals surface area contributed by atoms with E-state index in [9.17, 15) is 0 Å². The molecule has 0 amide bonds. The second-order valence-corrected chi connectivity index (χ2v) is 7.89. The molecule has 2 saturated heterocycles. The van der Waals surface area contributed by atoms with Crippen molar-refractivity contribution in [2.45, 2.75) is 31.9 Å². The number of likely N-dealkylation sites (tertiary alicyclic amines) is 1. The lowest BCUT2D eigenvalue weighted by molar-refractivity contribution is 0.0529. The molecule has 2 aliphatic rings. The van der Waals surface area contributed by atoms with Gasteiger partial charge in [-0.05, 0) is 36.6 Å². The third-order valence-electron chi connectivity index (χ3n) is 5.80. The fraction of sp³-hybridized carbons (Fsp3) is 0.478. The van der Waals surface area contributed by atoms with Crippen LogP contribution in [0.2, 0.25) is 0 Å². The standard InChI is InChI=1S/C23H31N5O.HI/c1-18-16-27(12-13-29-18)22-14-19(8-10-25-22)15-26-23(24-2)28-11-9-21(17-28)20-6-4-3-5-7-20;/h3-8,10,14,18,21H,9,11-13,15-17H2,1-2H3,(H,24,26);1H. The molecule has 162 valence electrons. The summed E-state index contributed by atoms with van der Waals surface area (Å²) < 4.78 is 5.65. The summed E-state index contributed by atoms with van der Waals surface area (Å²) in [5.41, 5.74) is 2.64. The summed E-state index contributed by atoms with van der Waals surface area (Å²) >= 11 is 0. The molecule has 7 heteroatoms. The topological polar surface area (TPSA) is 53.0 Å². The number of rotatable bonds is 4. The van der Waals surface area contributed by atoms with Crippen LogP contribution in [0.4, 0.5) is 5.82 Å².